The lowest BCUT2D eigenvalue weighted by atomic mass is 10.4. The first-order valence-electron chi connectivity index (χ1n) is 7.02. The monoisotopic (exact) mass is 435 g/mol. The van der Waals surface area contributed by atoms with Crippen molar-refractivity contribution in [2.45, 2.75) is 16.0 Å². The number of aromatic nitrogens is 1. The van der Waals surface area contributed by atoms with Gasteiger partial charge in [-0.15, -0.1) is 11.3 Å². The van der Waals surface area contributed by atoms with Gasteiger partial charge in [-0.05, 0) is 6.92 Å². The quantitative estimate of drug-likeness (QED) is 0.399. The number of halogens is 2. The largest absolute Gasteiger partial charge is 0.465 e. The van der Waals surface area contributed by atoms with E-state index in [1.165, 1.54) is 12.4 Å². The Labute approximate surface area is 166 Å². The van der Waals surface area contributed by atoms with Crippen LogP contribution in [0, 0.1) is 10.1 Å². The number of nitro groups is 1. The fraction of sp³-hybridized carbons (Fsp3) is 0.214. The molecule has 12 heteroatoms. The van der Waals surface area contributed by atoms with Gasteiger partial charge in [-0.2, -0.15) is 0 Å². The summed E-state index contributed by atoms with van der Waals surface area (Å²) in [6, 6.07) is 1.14. The lowest BCUT2D eigenvalue weighted by Crippen LogP contribution is -2.30. The number of hydrogen-bond donors (Lipinski definition) is 1. The molecule has 0 saturated carbocycles. The van der Waals surface area contributed by atoms with Crippen LogP contribution in [0.3, 0.4) is 0 Å². The number of hydrogen-bond acceptors (Lipinski definition) is 8. The minimum atomic E-state index is -0.620. The van der Waals surface area contributed by atoms with Crippen molar-refractivity contribution < 1.29 is 19.2 Å². The molecule has 2 heterocycles. The number of nitrogens with zero attached hydrogens (tertiary/aromatic N) is 2. The van der Waals surface area contributed by atoms with Crippen LogP contribution in [0.25, 0.3) is 0 Å². The zero-order valence-electron chi connectivity index (χ0n) is 13.2. The number of rotatable bonds is 7. The third-order valence-corrected chi connectivity index (χ3v) is 6.06. The van der Waals surface area contributed by atoms with E-state index in [0.29, 0.717) is 4.90 Å². The fourth-order valence-corrected chi connectivity index (χ4v) is 4.50. The van der Waals surface area contributed by atoms with Crippen molar-refractivity contribution in [3.05, 3.63) is 43.5 Å². The van der Waals surface area contributed by atoms with Crippen molar-refractivity contribution in [3.8, 4) is 0 Å². The van der Waals surface area contributed by atoms with E-state index in [2.05, 4.69) is 10.3 Å². The molecule has 0 aromatic carbocycles. The van der Waals surface area contributed by atoms with Crippen LogP contribution in [0.5, 0.6) is 0 Å². The molecule has 2 rings (SSSR count). The van der Waals surface area contributed by atoms with Gasteiger partial charge < -0.3 is 10.1 Å². The van der Waals surface area contributed by atoms with Gasteiger partial charge in [-0.3, -0.25) is 24.7 Å². The molecular weight excluding hydrogens is 425 g/mol. The Balaban J connectivity index is 2.24. The van der Waals surface area contributed by atoms with Crippen LogP contribution in [-0.4, -0.2) is 34.9 Å². The molecule has 1 amide bonds. The summed E-state index contributed by atoms with van der Waals surface area (Å²) < 4.78 is 4.93. The van der Waals surface area contributed by atoms with E-state index in [9.17, 15) is 19.7 Å². The van der Waals surface area contributed by atoms with Crippen molar-refractivity contribution in [1.29, 1.82) is 0 Å². The van der Waals surface area contributed by atoms with E-state index < -0.39 is 16.8 Å². The molecular formula is C14H11Cl2N3O5S2. The van der Waals surface area contributed by atoms with Crippen LogP contribution in [-0.2, 0) is 9.53 Å². The Morgan fingerprint density at radius 2 is 2.04 bits per heavy atom. The molecule has 26 heavy (non-hydrogen) atoms. The Kier molecular flexibility index (Phi) is 7.21. The van der Waals surface area contributed by atoms with E-state index in [0.717, 1.165) is 29.2 Å². The third-order valence-electron chi connectivity index (χ3n) is 2.80. The predicted molar refractivity (Wildman–Crippen MR) is 98.3 cm³/mol. The Morgan fingerprint density at radius 1 is 1.38 bits per heavy atom. The van der Waals surface area contributed by atoms with Gasteiger partial charge in [0.25, 0.3) is 11.6 Å². The molecule has 1 N–H and O–H groups in total. The van der Waals surface area contributed by atoms with Crippen LogP contribution in [0.15, 0.2) is 27.6 Å². The number of carbonyl (C=O) groups is 2. The molecule has 2 aromatic heterocycles. The second kappa shape index (κ2) is 9.17. The molecule has 0 aliphatic carbocycles. The number of carbonyl (C=O) groups excluding carboxylic acids is 2. The number of esters is 1. The maximum absolute atomic E-state index is 12.1. The van der Waals surface area contributed by atoms with Gasteiger partial charge in [0, 0.05) is 18.5 Å². The molecule has 0 fully saturated rings. The lowest BCUT2D eigenvalue weighted by Gasteiger charge is -2.04. The maximum Gasteiger partial charge on any atom is 0.325 e. The Morgan fingerprint density at radius 3 is 2.62 bits per heavy atom. The van der Waals surface area contributed by atoms with Crippen molar-refractivity contribution >= 4 is 63.9 Å². The summed E-state index contributed by atoms with van der Waals surface area (Å²) in [7, 11) is 0. The highest BCUT2D eigenvalue weighted by molar-refractivity contribution is 8.01. The molecule has 0 bridgehead atoms. The normalized spacial score (nSPS) is 10.4. The maximum atomic E-state index is 12.1. The van der Waals surface area contributed by atoms with Gasteiger partial charge in [-0.25, -0.2) is 0 Å². The van der Waals surface area contributed by atoms with Gasteiger partial charge >= 0.3 is 5.97 Å². The summed E-state index contributed by atoms with van der Waals surface area (Å²) in [5.74, 6) is -1.22. The molecule has 2 aromatic rings. The smallest absolute Gasteiger partial charge is 0.325 e. The van der Waals surface area contributed by atoms with Crippen LogP contribution in [0.4, 0.5) is 5.69 Å². The van der Waals surface area contributed by atoms with E-state index in [4.69, 9.17) is 27.9 Å². The number of nitrogens with one attached hydrogen (secondary N) is 1. The van der Waals surface area contributed by atoms with Gasteiger partial charge in [0.05, 0.1) is 26.5 Å². The summed E-state index contributed by atoms with van der Waals surface area (Å²) in [6.45, 7) is 1.50. The molecule has 0 spiro atoms. The Bertz CT molecular complexity index is 839. The first-order chi connectivity index (χ1) is 12.3. The third kappa shape index (κ3) is 5.07. The standard InChI is InChI=1S/C14H11Cl2N3O5S2/c1-2-24-11(20)6-18-13(21)10-3-9(19(22)23)14(25-10)26-12-7(15)4-17-5-8(12)16/h3-5H,2,6H2,1H3,(H,18,21). The summed E-state index contributed by atoms with van der Waals surface area (Å²) in [4.78, 5) is 38.4. The minimum Gasteiger partial charge on any atom is -0.465 e. The average Bonchev–Trinajstić information content (AvgIpc) is 3.01. The van der Waals surface area contributed by atoms with Crippen molar-refractivity contribution in [3.63, 3.8) is 0 Å². The lowest BCUT2D eigenvalue weighted by molar-refractivity contribution is -0.387. The second-order valence-electron chi connectivity index (χ2n) is 4.56. The first kappa shape index (κ1) is 20.4. The zero-order valence-corrected chi connectivity index (χ0v) is 16.3. The van der Waals surface area contributed by atoms with Crippen LogP contribution >= 0.6 is 46.3 Å². The topological polar surface area (TPSA) is 111 Å². The molecule has 8 nitrogen and oxygen atoms in total. The second-order valence-corrected chi connectivity index (χ2v) is 7.71. The molecule has 0 saturated heterocycles. The van der Waals surface area contributed by atoms with E-state index in [-0.39, 0.29) is 38.0 Å². The summed E-state index contributed by atoms with van der Waals surface area (Å²) >= 11 is 13.9. The molecule has 0 aliphatic rings. The van der Waals surface area contributed by atoms with Crippen LogP contribution in [0.1, 0.15) is 16.6 Å². The SMILES string of the molecule is CCOC(=O)CNC(=O)c1cc([N+](=O)[O-])c(Sc2c(Cl)cncc2Cl)s1. The summed E-state index contributed by atoms with van der Waals surface area (Å²) in [5.41, 5.74) is -0.259. The van der Waals surface area contributed by atoms with E-state index in [1.54, 1.807) is 6.92 Å². The van der Waals surface area contributed by atoms with Gasteiger partial charge in [0.15, 0.2) is 0 Å². The number of pyridine rings is 1. The van der Waals surface area contributed by atoms with Crippen LogP contribution < -0.4 is 5.32 Å². The van der Waals surface area contributed by atoms with Crippen molar-refractivity contribution in [2.75, 3.05) is 13.2 Å². The molecule has 0 radical (unpaired) electrons. The van der Waals surface area contributed by atoms with Crippen LogP contribution in [0.2, 0.25) is 10.0 Å². The van der Waals surface area contributed by atoms with E-state index in [1.807, 2.05) is 0 Å². The zero-order chi connectivity index (χ0) is 19.3. The highest BCUT2D eigenvalue weighted by Gasteiger charge is 2.25. The molecule has 0 atom stereocenters. The van der Waals surface area contributed by atoms with Crippen molar-refractivity contribution in [2.24, 2.45) is 0 Å². The Hall–Kier alpha value is -1.88. The average molecular weight is 436 g/mol. The fourth-order valence-electron chi connectivity index (χ4n) is 1.72. The molecule has 138 valence electrons. The minimum absolute atomic E-state index is 0.0739. The van der Waals surface area contributed by atoms with Gasteiger partial charge in [0.2, 0.25) is 0 Å². The molecule has 0 aliphatic heterocycles. The van der Waals surface area contributed by atoms with Gasteiger partial charge in [0.1, 0.15) is 15.6 Å². The summed E-state index contributed by atoms with van der Waals surface area (Å²) in [5, 5.41) is 14.1. The summed E-state index contributed by atoms with van der Waals surface area (Å²) in [6.07, 6.45) is 2.73. The number of ether oxygens (including phenoxy) is 1. The van der Waals surface area contributed by atoms with Crippen molar-refractivity contribution in [1.82, 2.24) is 10.3 Å². The number of thiophene rings is 1. The molecule has 0 unspecified atom stereocenters. The van der Waals surface area contributed by atoms with Gasteiger partial charge in [-0.1, -0.05) is 35.0 Å². The highest BCUT2D eigenvalue weighted by Crippen LogP contribution is 2.45. The number of amides is 1. The highest BCUT2D eigenvalue weighted by atomic mass is 35.5. The predicted octanol–water partition coefficient (Wildman–Crippen LogP) is 3.80. The van der Waals surface area contributed by atoms with E-state index >= 15 is 0 Å². The first-order valence-corrected chi connectivity index (χ1v) is 9.41.